The van der Waals surface area contributed by atoms with Crippen molar-refractivity contribution in [1.82, 2.24) is 16.0 Å². The number of carboxylic acids is 1. The number of nitrogens with one attached hydrogen (secondary N) is 3. The Morgan fingerprint density at radius 2 is 1.57 bits per heavy atom. The molecule has 0 saturated heterocycles. The summed E-state index contributed by atoms with van der Waals surface area (Å²) in [7, 11) is 0. The molecular formula is C21H36N3O6-. The second-order valence-corrected chi connectivity index (χ2v) is 9.38. The molecule has 0 aromatic carbocycles. The summed E-state index contributed by atoms with van der Waals surface area (Å²) >= 11 is 0. The zero-order chi connectivity index (χ0) is 23.1. The SMILES string of the molecule is CC(C)[C@H](NC(=O)OC(C)(C)C)C(=O)NCC1CCC(C(=O)N[C@H](C)C(=O)[O-])CC1. The summed E-state index contributed by atoms with van der Waals surface area (Å²) in [4.78, 5) is 47.5. The molecule has 9 heteroatoms. The Bertz CT molecular complexity index is 621. The highest BCUT2D eigenvalue weighted by molar-refractivity contribution is 5.86. The van der Waals surface area contributed by atoms with Gasteiger partial charge >= 0.3 is 6.09 Å². The molecule has 0 bridgehead atoms. The number of carboxylic acid groups (broad SMARTS) is 1. The van der Waals surface area contributed by atoms with E-state index in [1.165, 1.54) is 6.92 Å². The van der Waals surface area contributed by atoms with Gasteiger partial charge in [-0.05, 0) is 65.2 Å². The zero-order valence-electron chi connectivity index (χ0n) is 18.9. The topological polar surface area (TPSA) is 137 Å². The maximum Gasteiger partial charge on any atom is 0.408 e. The number of alkyl carbamates (subject to hydrolysis) is 1. The fourth-order valence-corrected chi connectivity index (χ4v) is 3.34. The number of rotatable bonds is 8. The third-order valence-corrected chi connectivity index (χ3v) is 5.12. The van der Waals surface area contributed by atoms with Crippen molar-refractivity contribution in [2.45, 2.75) is 84.9 Å². The van der Waals surface area contributed by atoms with Gasteiger partial charge in [-0.3, -0.25) is 9.59 Å². The van der Waals surface area contributed by atoms with Gasteiger partial charge < -0.3 is 30.6 Å². The van der Waals surface area contributed by atoms with E-state index >= 15 is 0 Å². The van der Waals surface area contributed by atoms with Crippen LogP contribution in [0.5, 0.6) is 0 Å². The van der Waals surface area contributed by atoms with Crippen molar-refractivity contribution in [3.63, 3.8) is 0 Å². The first-order valence-electron chi connectivity index (χ1n) is 10.6. The minimum Gasteiger partial charge on any atom is -0.548 e. The molecule has 1 fully saturated rings. The molecule has 0 aliphatic heterocycles. The number of hydrogen-bond donors (Lipinski definition) is 3. The molecular weight excluding hydrogens is 390 g/mol. The van der Waals surface area contributed by atoms with Crippen LogP contribution in [0.4, 0.5) is 4.79 Å². The van der Waals surface area contributed by atoms with Gasteiger partial charge in [0, 0.05) is 12.5 Å². The molecule has 0 spiro atoms. The Balaban J connectivity index is 2.46. The van der Waals surface area contributed by atoms with E-state index in [4.69, 9.17) is 4.74 Å². The maximum absolute atomic E-state index is 12.6. The van der Waals surface area contributed by atoms with E-state index in [2.05, 4.69) is 16.0 Å². The van der Waals surface area contributed by atoms with Gasteiger partial charge in [0.15, 0.2) is 0 Å². The lowest BCUT2D eigenvalue weighted by atomic mass is 9.81. The Morgan fingerprint density at radius 3 is 2.03 bits per heavy atom. The first kappa shape index (κ1) is 25.7. The highest BCUT2D eigenvalue weighted by Gasteiger charge is 2.30. The van der Waals surface area contributed by atoms with Crippen molar-refractivity contribution in [2.75, 3.05) is 6.54 Å². The third kappa shape index (κ3) is 9.00. The molecule has 0 unspecified atom stereocenters. The molecule has 172 valence electrons. The molecule has 30 heavy (non-hydrogen) atoms. The average Bonchev–Trinajstić information content (AvgIpc) is 2.62. The summed E-state index contributed by atoms with van der Waals surface area (Å²) in [6.07, 6.45) is 2.15. The second-order valence-electron chi connectivity index (χ2n) is 9.38. The quantitative estimate of drug-likeness (QED) is 0.523. The third-order valence-electron chi connectivity index (χ3n) is 5.12. The Kier molecular flexibility index (Phi) is 9.58. The summed E-state index contributed by atoms with van der Waals surface area (Å²) in [6, 6.07) is -1.71. The van der Waals surface area contributed by atoms with Crippen LogP contribution in [-0.2, 0) is 19.1 Å². The van der Waals surface area contributed by atoms with Crippen LogP contribution in [0.1, 0.15) is 67.2 Å². The normalized spacial score (nSPS) is 21.3. The second kappa shape index (κ2) is 11.2. The summed E-state index contributed by atoms with van der Waals surface area (Å²) in [5, 5.41) is 18.7. The molecule has 1 aliphatic rings. The molecule has 3 amide bonds. The molecule has 1 saturated carbocycles. The lowest BCUT2D eigenvalue weighted by Crippen LogP contribution is -2.51. The van der Waals surface area contributed by atoms with Crippen LogP contribution in [0.15, 0.2) is 0 Å². The molecule has 0 aromatic heterocycles. The van der Waals surface area contributed by atoms with Gasteiger partial charge in [-0.15, -0.1) is 0 Å². The summed E-state index contributed by atoms with van der Waals surface area (Å²) in [5.74, 6) is -1.95. The largest absolute Gasteiger partial charge is 0.548 e. The van der Waals surface area contributed by atoms with Crippen molar-refractivity contribution in [2.24, 2.45) is 17.8 Å². The van der Waals surface area contributed by atoms with E-state index in [-0.39, 0.29) is 29.6 Å². The number of hydrogen-bond acceptors (Lipinski definition) is 6. The minimum atomic E-state index is -1.31. The van der Waals surface area contributed by atoms with E-state index in [0.717, 1.165) is 12.8 Å². The molecule has 0 aromatic rings. The molecule has 0 radical (unpaired) electrons. The van der Waals surface area contributed by atoms with Crippen molar-refractivity contribution in [1.29, 1.82) is 0 Å². The highest BCUT2D eigenvalue weighted by atomic mass is 16.6. The van der Waals surface area contributed by atoms with Gasteiger partial charge in [0.1, 0.15) is 11.6 Å². The molecule has 2 atom stereocenters. The number of carbonyl (C=O) groups is 4. The van der Waals surface area contributed by atoms with Crippen molar-refractivity contribution < 1.29 is 29.0 Å². The van der Waals surface area contributed by atoms with E-state index in [9.17, 15) is 24.3 Å². The smallest absolute Gasteiger partial charge is 0.408 e. The van der Waals surface area contributed by atoms with Crippen molar-refractivity contribution in [3.05, 3.63) is 0 Å². The van der Waals surface area contributed by atoms with Crippen LogP contribution >= 0.6 is 0 Å². The molecule has 3 N–H and O–H groups in total. The Hall–Kier alpha value is -2.32. The van der Waals surface area contributed by atoms with Crippen LogP contribution in [0.2, 0.25) is 0 Å². The minimum absolute atomic E-state index is 0.109. The summed E-state index contributed by atoms with van der Waals surface area (Å²) in [5.41, 5.74) is -0.647. The van der Waals surface area contributed by atoms with Gasteiger partial charge in [0.25, 0.3) is 0 Å². The first-order valence-corrected chi connectivity index (χ1v) is 10.6. The van der Waals surface area contributed by atoms with Crippen LogP contribution in [-0.4, -0.2) is 48.1 Å². The zero-order valence-corrected chi connectivity index (χ0v) is 18.9. The number of aliphatic carboxylic acids is 1. The average molecular weight is 427 g/mol. The fraction of sp³-hybridized carbons (Fsp3) is 0.810. The monoisotopic (exact) mass is 426 g/mol. The maximum atomic E-state index is 12.6. The van der Waals surface area contributed by atoms with E-state index in [1.54, 1.807) is 20.8 Å². The van der Waals surface area contributed by atoms with Gasteiger partial charge in [-0.2, -0.15) is 0 Å². The predicted molar refractivity (Wildman–Crippen MR) is 109 cm³/mol. The van der Waals surface area contributed by atoms with Gasteiger partial charge in [0.2, 0.25) is 11.8 Å². The van der Waals surface area contributed by atoms with Gasteiger partial charge in [0.05, 0.1) is 12.0 Å². The summed E-state index contributed by atoms with van der Waals surface area (Å²) in [6.45, 7) is 10.8. The Labute approximate surface area is 178 Å². The summed E-state index contributed by atoms with van der Waals surface area (Å²) < 4.78 is 5.23. The number of carbonyl (C=O) groups excluding carboxylic acids is 4. The lowest BCUT2D eigenvalue weighted by Gasteiger charge is -2.30. The van der Waals surface area contributed by atoms with Crippen molar-refractivity contribution >= 4 is 23.9 Å². The predicted octanol–water partition coefficient (Wildman–Crippen LogP) is 0.713. The van der Waals surface area contributed by atoms with Crippen LogP contribution in [0, 0.1) is 17.8 Å². The van der Waals surface area contributed by atoms with Gasteiger partial charge in [-0.1, -0.05) is 13.8 Å². The molecule has 1 rings (SSSR count). The first-order chi connectivity index (χ1) is 13.8. The van der Waals surface area contributed by atoms with E-state index in [1.807, 2.05) is 13.8 Å². The van der Waals surface area contributed by atoms with Crippen LogP contribution in [0.3, 0.4) is 0 Å². The van der Waals surface area contributed by atoms with Crippen LogP contribution < -0.4 is 21.1 Å². The van der Waals surface area contributed by atoms with E-state index in [0.29, 0.717) is 19.4 Å². The fourth-order valence-electron chi connectivity index (χ4n) is 3.34. The number of amides is 3. The number of ether oxygens (including phenoxy) is 1. The molecule has 9 nitrogen and oxygen atoms in total. The molecule has 1 aliphatic carbocycles. The van der Waals surface area contributed by atoms with Crippen molar-refractivity contribution in [3.8, 4) is 0 Å². The Morgan fingerprint density at radius 1 is 1.00 bits per heavy atom. The van der Waals surface area contributed by atoms with E-state index < -0.39 is 29.7 Å². The highest BCUT2D eigenvalue weighted by Crippen LogP contribution is 2.28. The molecule has 0 heterocycles. The standard InChI is InChI=1S/C21H37N3O6/c1-12(2)16(24-20(29)30-21(4,5)6)18(26)22-11-14-7-9-15(10-8-14)17(25)23-13(3)19(27)28/h12-16H,7-11H2,1-6H3,(H,22,26)(H,23,25)(H,24,29)(H,27,28)/p-1/t13-,14?,15?,16+/m1/s1. The van der Waals surface area contributed by atoms with Gasteiger partial charge in [-0.25, -0.2) is 4.79 Å². The van der Waals surface area contributed by atoms with Crippen LogP contribution in [0.25, 0.3) is 0 Å². The lowest BCUT2D eigenvalue weighted by molar-refractivity contribution is -0.307.